The standard InChI is InChI=1S/C23H25BrN4O/c24-16-7-8-22(19(13-16)20-9-10-26-27-20)29-23-18-6-2-1-4-15(18)12-21(23)28-11-3-5-17(25)14-28/h1-2,4,6-10,13,17,21,23H,3,5,11-12,14,25H2,(H,26,27)/t17-,21?,23?/m0/s1. The quantitative estimate of drug-likeness (QED) is 0.618. The van der Waals surface area contributed by atoms with Crippen LogP contribution in [0.15, 0.2) is 59.2 Å². The summed E-state index contributed by atoms with van der Waals surface area (Å²) >= 11 is 3.59. The molecule has 3 aromatic rings. The van der Waals surface area contributed by atoms with Gasteiger partial charge in [-0.05, 0) is 61.2 Å². The number of rotatable bonds is 4. The van der Waals surface area contributed by atoms with Crippen molar-refractivity contribution in [3.8, 4) is 17.0 Å². The number of hydrogen-bond donors (Lipinski definition) is 2. The van der Waals surface area contributed by atoms with Crippen LogP contribution in [0.5, 0.6) is 5.75 Å². The number of fused-ring (bicyclic) bond motifs is 1. The predicted molar refractivity (Wildman–Crippen MR) is 118 cm³/mol. The first-order chi connectivity index (χ1) is 14.2. The second-order valence-corrected chi connectivity index (χ2v) is 8.92. The summed E-state index contributed by atoms with van der Waals surface area (Å²) in [6.07, 6.45) is 5.08. The van der Waals surface area contributed by atoms with Gasteiger partial charge >= 0.3 is 0 Å². The highest BCUT2D eigenvalue weighted by atomic mass is 79.9. The number of nitrogens with one attached hydrogen (secondary N) is 1. The summed E-state index contributed by atoms with van der Waals surface area (Å²) in [5.74, 6) is 0.855. The topological polar surface area (TPSA) is 67.2 Å². The molecule has 1 fully saturated rings. The molecule has 1 saturated heterocycles. The average Bonchev–Trinajstić information content (AvgIpc) is 3.38. The van der Waals surface area contributed by atoms with Crippen molar-refractivity contribution in [1.29, 1.82) is 0 Å². The van der Waals surface area contributed by atoms with E-state index >= 15 is 0 Å². The molecule has 5 rings (SSSR count). The fourth-order valence-electron chi connectivity index (χ4n) is 4.69. The van der Waals surface area contributed by atoms with Gasteiger partial charge in [-0.3, -0.25) is 10.00 Å². The van der Waals surface area contributed by atoms with Crippen molar-refractivity contribution in [1.82, 2.24) is 15.1 Å². The summed E-state index contributed by atoms with van der Waals surface area (Å²) < 4.78 is 7.76. The Labute approximate surface area is 179 Å². The largest absolute Gasteiger partial charge is 0.483 e. The van der Waals surface area contributed by atoms with E-state index in [0.717, 1.165) is 53.8 Å². The number of piperidine rings is 1. The molecule has 2 aliphatic rings. The molecule has 0 amide bonds. The molecule has 150 valence electrons. The van der Waals surface area contributed by atoms with Gasteiger partial charge in [-0.25, -0.2) is 0 Å². The van der Waals surface area contributed by atoms with Crippen LogP contribution in [-0.2, 0) is 6.42 Å². The third kappa shape index (κ3) is 3.72. The molecule has 0 spiro atoms. The van der Waals surface area contributed by atoms with E-state index in [9.17, 15) is 0 Å². The van der Waals surface area contributed by atoms with Gasteiger partial charge in [-0.1, -0.05) is 40.2 Å². The summed E-state index contributed by atoms with van der Waals surface area (Å²) in [5.41, 5.74) is 10.8. The van der Waals surface area contributed by atoms with Crippen LogP contribution >= 0.6 is 15.9 Å². The lowest BCUT2D eigenvalue weighted by Gasteiger charge is -2.38. The molecule has 6 heteroatoms. The van der Waals surface area contributed by atoms with E-state index in [1.165, 1.54) is 11.1 Å². The fraction of sp³-hybridized carbons (Fsp3) is 0.348. The Balaban J connectivity index is 1.51. The molecular weight excluding hydrogens is 428 g/mol. The van der Waals surface area contributed by atoms with E-state index < -0.39 is 0 Å². The molecule has 1 aromatic heterocycles. The molecule has 2 unspecified atom stereocenters. The minimum atomic E-state index is -0.0182. The van der Waals surface area contributed by atoms with E-state index in [1.54, 1.807) is 0 Å². The zero-order valence-corrected chi connectivity index (χ0v) is 17.8. The molecule has 29 heavy (non-hydrogen) atoms. The van der Waals surface area contributed by atoms with Crippen LogP contribution in [0.1, 0.15) is 30.1 Å². The molecule has 5 nitrogen and oxygen atoms in total. The van der Waals surface area contributed by atoms with Crippen LogP contribution in [0.25, 0.3) is 11.3 Å². The molecule has 3 N–H and O–H groups in total. The van der Waals surface area contributed by atoms with Crippen molar-refractivity contribution < 1.29 is 4.74 Å². The van der Waals surface area contributed by atoms with Crippen molar-refractivity contribution in [2.75, 3.05) is 13.1 Å². The van der Waals surface area contributed by atoms with Crippen LogP contribution < -0.4 is 10.5 Å². The monoisotopic (exact) mass is 452 g/mol. The van der Waals surface area contributed by atoms with Gasteiger partial charge in [0.15, 0.2) is 0 Å². The number of nitrogens with two attached hydrogens (primary N) is 1. The maximum atomic E-state index is 6.76. The van der Waals surface area contributed by atoms with Gasteiger partial charge in [-0.15, -0.1) is 0 Å². The zero-order valence-electron chi connectivity index (χ0n) is 16.2. The third-order valence-corrected chi connectivity index (χ3v) is 6.56. The minimum Gasteiger partial charge on any atom is -0.483 e. The second-order valence-electron chi connectivity index (χ2n) is 8.01. The highest BCUT2D eigenvalue weighted by Gasteiger charge is 2.39. The average molecular weight is 453 g/mol. The smallest absolute Gasteiger partial charge is 0.140 e. The molecule has 0 radical (unpaired) electrons. The van der Waals surface area contributed by atoms with Gasteiger partial charge in [0.1, 0.15) is 11.9 Å². The van der Waals surface area contributed by atoms with Crippen molar-refractivity contribution in [2.45, 2.75) is 37.5 Å². The summed E-state index contributed by atoms with van der Waals surface area (Å²) in [6.45, 7) is 2.02. The summed E-state index contributed by atoms with van der Waals surface area (Å²) in [6, 6.07) is 17.3. The molecular formula is C23H25BrN4O. The van der Waals surface area contributed by atoms with Gasteiger partial charge in [0, 0.05) is 28.8 Å². The predicted octanol–water partition coefficient (Wildman–Crippen LogP) is 4.31. The van der Waals surface area contributed by atoms with Crippen LogP contribution in [0.4, 0.5) is 0 Å². The van der Waals surface area contributed by atoms with Crippen molar-refractivity contribution in [3.63, 3.8) is 0 Å². The van der Waals surface area contributed by atoms with Gasteiger partial charge in [0.2, 0.25) is 0 Å². The first-order valence-corrected chi connectivity index (χ1v) is 11.0. The molecule has 0 saturated carbocycles. The maximum absolute atomic E-state index is 6.76. The summed E-state index contributed by atoms with van der Waals surface area (Å²) in [7, 11) is 0. The van der Waals surface area contributed by atoms with Crippen molar-refractivity contribution in [2.24, 2.45) is 5.73 Å². The Morgan fingerprint density at radius 1 is 1.17 bits per heavy atom. The molecule has 1 aliphatic carbocycles. The number of aromatic amines is 1. The number of ether oxygens (including phenoxy) is 1. The molecule has 3 atom stereocenters. The minimum absolute atomic E-state index is 0.0182. The SMILES string of the molecule is N[C@H]1CCCN(C2Cc3ccccc3C2Oc2ccc(Br)cc2-c2cc[nH]n2)C1. The number of halogens is 1. The Morgan fingerprint density at radius 3 is 2.90 bits per heavy atom. The normalized spacial score (nSPS) is 24.4. The van der Waals surface area contributed by atoms with E-state index in [2.05, 4.69) is 61.4 Å². The van der Waals surface area contributed by atoms with Crippen LogP contribution in [0.3, 0.4) is 0 Å². The maximum Gasteiger partial charge on any atom is 0.140 e. The fourth-order valence-corrected chi connectivity index (χ4v) is 5.05. The Bertz CT molecular complexity index is 990. The van der Waals surface area contributed by atoms with Crippen LogP contribution in [0.2, 0.25) is 0 Å². The number of aromatic nitrogens is 2. The highest BCUT2D eigenvalue weighted by Crippen LogP contribution is 2.41. The first-order valence-electron chi connectivity index (χ1n) is 10.2. The lowest BCUT2D eigenvalue weighted by molar-refractivity contribution is 0.0596. The molecule has 2 heterocycles. The number of nitrogens with zero attached hydrogens (tertiary/aromatic N) is 2. The first kappa shape index (κ1) is 18.9. The molecule has 1 aliphatic heterocycles. The zero-order chi connectivity index (χ0) is 19.8. The van der Waals surface area contributed by atoms with Gasteiger partial charge < -0.3 is 10.5 Å². The van der Waals surface area contributed by atoms with Crippen molar-refractivity contribution in [3.05, 3.63) is 70.3 Å². The Hall–Kier alpha value is -2.15. The van der Waals surface area contributed by atoms with E-state index in [-0.39, 0.29) is 12.1 Å². The Kier molecular flexibility index (Phi) is 5.16. The van der Waals surface area contributed by atoms with E-state index in [4.69, 9.17) is 10.5 Å². The van der Waals surface area contributed by atoms with Crippen LogP contribution in [-0.4, -0.2) is 40.3 Å². The lowest BCUT2D eigenvalue weighted by atomic mass is 10.0. The number of benzene rings is 2. The van der Waals surface area contributed by atoms with Gasteiger partial charge in [0.05, 0.1) is 11.7 Å². The summed E-state index contributed by atoms with van der Waals surface area (Å²) in [5, 5.41) is 7.28. The third-order valence-electron chi connectivity index (χ3n) is 6.07. The number of H-pyrrole nitrogens is 1. The van der Waals surface area contributed by atoms with Gasteiger partial charge in [-0.2, -0.15) is 5.10 Å². The highest BCUT2D eigenvalue weighted by molar-refractivity contribution is 9.10. The second kappa shape index (κ2) is 7.94. The molecule has 0 bridgehead atoms. The Morgan fingerprint density at radius 2 is 2.07 bits per heavy atom. The molecule has 2 aromatic carbocycles. The van der Waals surface area contributed by atoms with E-state index in [0.29, 0.717) is 6.04 Å². The van der Waals surface area contributed by atoms with Crippen LogP contribution in [0, 0.1) is 0 Å². The van der Waals surface area contributed by atoms with E-state index in [1.807, 2.05) is 24.4 Å². The number of hydrogen-bond acceptors (Lipinski definition) is 4. The van der Waals surface area contributed by atoms with Crippen molar-refractivity contribution >= 4 is 15.9 Å². The lowest BCUT2D eigenvalue weighted by Crippen LogP contribution is -2.49. The van der Waals surface area contributed by atoms with Gasteiger partial charge in [0.25, 0.3) is 0 Å². The number of likely N-dealkylation sites (tertiary alicyclic amines) is 1. The summed E-state index contributed by atoms with van der Waals surface area (Å²) in [4.78, 5) is 2.53.